The molecule has 0 atom stereocenters. The Kier molecular flexibility index (Phi) is 5.05. The number of carbonyl (C=O) groups is 1. The zero-order valence-corrected chi connectivity index (χ0v) is 15.2. The first-order chi connectivity index (χ1) is 12.8. The number of nitrogens with zero attached hydrogens (tertiary/aromatic N) is 3. The molecule has 8 nitrogen and oxygen atoms in total. The summed E-state index contributed by atoms with van der Waals surface area (Å²) in [6.07, 6.45) is 4.87. The Balaban J connectivity index is 1.36. The third-order valence-electron chi connectivity index (χ3n) is 4.31. The van der Waals surface area contributed by atoms with E-state index < -0.39 is 0 Å². The van der Waals surface area contributed by atoms with Crippen LogP contribution in [0.25, 0.3) is 0 Å². The minimum Gasteiger partial charge on any atom is -0.486 e. The number of rotatable bonds is 3. The van der Waals surface area contributed by atoms with Crippen LogP contribution in [0.4, 0.5) is 20.7 Å². The van der Waals surface area contributed by atoms with E-state index in [1.165, 1.54) is 37.0 Å². The van der Waals surface area contributed by atoms with E-state index in [-0.39, 0.29) is 6.03 Å². The number of urea groups is 1. The molecule has 2 amide bonds. The third-order valence-corrected chi connectivity index (χ3v) is 5.21. The Morgan fingerprint density at radius 3 is 2.58 bits per heavy atom. The van der Waals surface area contributed by atoms with Crippen molar-refractivity contribution >= 4 is 33.3 Å². The molecule has 2 aromatic rings. The lowest BCUT2D eigenvalue weighted by molar-refractivity contribution is 0.171. The zero-order valence-electron chi connectivity index (χ0n) is 14.4. The first-order valence-corrected chi connectivity index (χ1v) is 9.66. The molecule has 138 valence electrons. The highest BCUT2D eigenvalue weighted by Crippen LogP contribution is 2.32. The van der Waals surface area contributed by atoms with Crippen molar-refractivity contribution in [3.63, 3.8) is 0 Å². The molecule has 3 heterocycles. The smallest absolute Gasteiger partial charge is 0.325 e. The highest BCUT2D eigenvalue weighted by Gasteiger charge is 2.16. The van der Waals surface area contributed by atoms with Crippen LogP contribution in [-0.4, -0.2) is 42.5 Å². The van der Waals surface area contributed by atoms with Gasteiger partial charge in [-0.2, -0.15) is 0 Å². The maximum absolute atomic E-state index is 12.2. The van der Waals surface area contributed by atoms with Gasteiger partial charge in [0.2, 0.25) is 10.3 Å². The molecule has 0 bridgehead atoms. The second-order valence-corrected chi connectivity index (χ2v) is 7.18. The highest BCUT2D eigenvalue weighted by atomic mass is 32.1. The van der Waals surface area contributed by atoms with Crippen molar-refractivity contribution in [2.24, 2.45) is 0 Å². The SMILES string of the molecule is O=C(Nc1ccc2c(c1)OCCO2)Nc1nnc(N2CCCCCC2)s1. The normalized spacial score (nSPS) is 16.7. The number of benzene rings is 1. The lowest BCUT2D eigenvalue weighted by Gasteiger charge is -2.19. The minimum atomic E-state index is -0.361. The van der Waals surface area contributed by atoms with Crippen molar-refractivity contribution in [3.8, 4) is 11.5 Å². The quantitative estimate of drug-likeness (QED) is 0.855. The van der Waals surface area contributed by atoms with Gasteiger partial charge in [-0.1, -0.05) is 24.2 Å². The van der Waals surface area contributed by atoms with Gasteiger partial charge in [-0.3, -0.25) is 5.32 Å². The van der Waals surface area contributed by atoms with Crippen LogP contribution in [0, 0.1) is 0 Å². The first kappa shape index (κ1) is 16.9. The van der Waals surface area contributed by atoms with E-state index >= 15 is 0 Å². The van der Waals surface area contributed by atoms with E-state index in [2.05, 4.69) is 25.7 Å². The fraction of sp³-hybridized carbons (Fsp3) is 0.471. The number of hydrogen-bond donors (Lipinski definition) is 2. The Morgan fingerprint density at radius 1 is 1.00 bits per heavy atom. The molecule has 4 rings (SSSR count). The van der Waals surface area contributed by atoms with Gasteiger partial charge in [0.1, 0.15) is 13.2 Å². The predicted molar refractivity (Wildman–Crippen MR) is 101 cm³/mol. The van der Waals surface area contributed by atoms with Gasteiger partial charge in [-0.15, -0.1) is 10.2 Å². The maximum Gasteiger partial charge on any atom is 0.325 e. The zero-order chi connectivity index (χ0) is 17.8. The molecule has 0 radical (unpaired) electrons. The lowest BCUT2D eigenvalue weighted by atomic mass is 10.2. The standard InChI is InChI=1S/C17H21N5O3S/c23-15(18-12-5-6-13-14(11-12)25-10-9-24-13)19-16-20-21-17(26-16)22-7-3-1-2-4-8-22/h5-6,11H,1-4,7-10H2,(H2,18,19,20,23). The summed E-state index contributed by atoms with van der Waals surface area (Å²) in [5.74, 6) is 1.32. The summed E-state index contributed by atoms with van der Waals surface area (Å²) >= 11 is 1.40. The maximum atomic E-state index is 12.2. The van der Waals surface area contributed by atoms with E-state index in [9.17, 15) is 4.79 Å². The van der Waals surface area contributed by atoms with Crippen molar-refractivity contribution in [1.82, 2.24) is 10.2 Å². The molecule has 1 saturated heterocycles. The molecule has 0 aliphatic carbocycles. The fourth-order valence-electron chi connectivity index (χ4n) is 3.04. The van der Waals surface area contributed by atoms with Gasteiger partial charge in [0, 0.05) is 24.8 Å². The summed E-state index contributed by atoms with van der Waals surface area (Å²) in [6, 6.07) is 4.94. The Morgan fingerprint density at radius 2 is 1.77 bits per heavy atom. The van der Waals surface area contributed by atoms with Crippen molar-refractivity contribution in [3.05, 3.63) is 18.2 Å². The van der Waals surface area contributed by atoms with Crippen LogP contribution in [0.3, 0.4) is 0 Å². The molecule has 0 unspecified atom stereocenters. The van der Waals surface area contributed by atoms with Crippen molar-refractivity contribution in [2.75, 3.05) is 41.8 Å². The molecule has 26 heavy (non-hydrogen) atoms. The van der Waals surface area contributed by atoms with Crippen LogP contribution in [-0.2, 0) is 0 Å². The monoisotopic (exact) mass is 375 g/mol. The molecule has 0 spiro atoms. The molecule has 2 N–H and O–H groups in total. The lowest BCUT2D eigenvalue weighted by Crippen LogP contribution is -2.23. The predicted octanol–water partition coefficient (Wildman–Crippen LogP) is 3.33. The Bertz CT molecular complexity index is 774. The van der Waals surface area contributed by atoms with Gasteiger partial charge in [0.15, 0.2) is 11.5 Å². The van der Waals surface area contributed by atoms with Crippen molar-refractivity contribution < 1.29 is 14.3 Å². The molecule has 2 aliphatic rings. The second-order valence-electron chi connectivity index (χ2n) is 6.23. The summed E-state index contributed by atoms with van der Waals surface area (Å²) in [6.45, 7) is 3.04. The number of fused-ring (bicyclic) bond motifs is 1. The van der Waals surface area contributed by atoms with Gasteiger partial charge >= 0.3 is 6.03 Å². The van der Waals surface area contributed by atoms with Crippen LogP contribution in [0.5, 0.6) is 11.5 Å². The fourth-order valence-corrected chi connectivity index (χ4v) is 3.83. The number of amides is 2. The molecular weight excluding hydrogens is 354 g/mol. The number of ether oxygens (including phenoxy) is 2. The molecule has 0 saturated carbocycles. The summed E-state index contributed by atoms with van der Waals surface area (Å²) in [5, 5.41) is 15.2. The van der Waals surface area contributed by atoms with E-state index in [1.807, 2.05) is 0 Å². The molecule has 1 aromatic heterocycles. The van der Waals surface area contributed by atoms with Crippen LogP contribution in [0.15, 0.2) is 18.2 Å². The van der Waals surface area contributed by atoms with Gasteiger partial charge in [-0.05, 0) is 25.0 Å². The molecular formula is C17H21N5O3S. The van der Waals surface area contributed by atoms with Gasteiger partial charge in [-0.25, -0.2) is 4.79 Å². The van der Waals surface area contributed by atoms with Crippen LogP contribution >= 0.6 is 11.3 Å². The van der Waals surface area contributed by atoms with Crippen LogP contribution < -0.4 is 25.0 Å². The van der Waals surface area contributed by atoms with Crippen molar-refractivity contribution in [2.45, 2.75) is 25.7 Å². The van der Waals surface area contributed by atoms with Gasteiger partial charge in [0.05, 0.1) is 0 Å². The Hall–Kier alpha value is -2.55. The number of hydrogen-bond acceptors (Lipinski definition) is 7. The van der Waals surface area contributed by atoms with Crippen molar-refractivity contribution in [1.29, 1.82) is 0 Å². The third kappa shape index (κ3) is 3.98. The van der Waals surface area contributed by atoms with E-state index in [1.54, 1.807) is 18.2 Å². The van der Waals surface area contributed by atoms with E-state index in [0.717, 1.165) is 18.2 Å². The van der Waals surface area contributed by atoms with Crippen LogP contribution in [0.1, 0.15) is 25.7 Å². The van der Waals surface area contributed by atoms with Crippen LogP contribution in [0.2, 0.25) is 0 Å². The van der Waals surface area contributed by atoms with E-state index in [0.29, 0.717) is 35.5 Å². The minimum absolute atomic E-state index is 0.361. The number of anilines is 3. The molecule has 9 heteroatoms. The number of carbonyl (C=O) groups excluding carboxylic acids is 1. The summed E-state index contributed by atoms with van der Waals surface area (Å²) < 4.78 is 11.0. The summed E-state index contributed by atoms with van der Waals surface area (Å²) in [7, 11) is 0. The summed E-state index contributed by atoms with van der Waals surface area (Å²) in [5.41, 5.74) is 0.629. The average molecular weight is 375 g/mol. The first-order valence-electron chi connectivity index (χ1n) is 8.84. The average Bonchev–Trinajstić information content (AvgIpc) is 2.94. The highest BCUT2D eigenvalue weighted by molar-refractivity contribution is 7.19. The largest absolute Gasteiger partial charge is 0.486 e. The van der Waals surface area contributed by atoms with Gasteiger partial charge in [0.25, 0.3) is 0 Å². The summed E-state index contributed by atoms with van der Waals surface area (Å²) in [4.78, 5) is 14.5. The molecule has 1 aromatic carbocycles. The molecule has 1 fully saturated rings. The van der Waals surface area contributed by atoms with E-state index in [4.69, 9.17) is 9.47 Å². The number of aromatic nitrogens is 2. The van der Waals surface area contributed by atoms with Gasteiger partial charge < -0.3 is 19.7 Å². The number of nitrogens with one attached hydrogen (secondary N) is 2. The Labute approximate surface area is 155 Å². The topological polar surface area (TPSA) is 88.6 Å². The molecule has 2 aliphatic heterocycles. The second kappa shape index (κ2) is 7.77.